The second-order valence-corrected chi connectivity index (χ2v) is 6.27. The third kappa shape index (κ3) is 3.89. The monoisotopic (exact) mass is 375 g/mol. The molecule has 6 heteroatoms. The van der Waals surface area contributed by atoms with E-state index in [1.54, 1.807) is 29.7 Å². The Labute approximate surface area is 163 Å². The minimum atomic E-state index is -0.957. The van der Waals surface area contributed by atoms with Gasteiger partial charge in [-0.3, -0.25) is 4.57 Å². The maximum absolute atomic E-state index is 12.6. The Bertz CT molecular complexity index is 1110. The number of carboxylic acid groups (broad SMARTS) is 1. The summed E-state index contributed by atoms with van der Waals surface area (Å²) in [7, 11) is 0. The van der Waals surface area contributed by atoms with E-state index in [1.807, 2.05) is 37.3 Å². The lowest BCUT2D eigenvalue weighted by atomic mass is 9.99. The number of rotatable bonds is 6. The Morgan fingerprint density at radius 1 is 1.14 bits per heavy atom. The standard InChI is InChI=1S/C22H21N3O3/c1-3-5-14-25-22(28)24(20(4-2)23-25)15-16-10-12-17(13-11-16)18-8-6-7-9-19(18)21(26)27/h6-13H,4,14-15H2,1-2H3,(H,26,27). The van der Waals surface area contributed by atoms with Crippen molar-refractivity contribution in [3.63, 3.8) is 0 Å². The van der Waals surface area contributed by atoms with Gasteiger partial charge in [0.15, 0.2) is 0 Å². The average Bonchev–Trinajstić information content (AvgIpc) is 3.02. The van der Waals surface area contributed by atoms with E-state index in [9.17, 15) is 14.7 Å². The second kappa shape index (κ2) is 8.40. The SMILES string of the molecule is CC#CCn1nc(CC)n(Cc2ccc(-c3ccccc3C(=O)O)cc2)c1=O. The van der Waals surface area contributed by atoms with E-state index in [0.29, 0.717) is 24.4 Å². The second-order valence-electron chi connectivity index (χ2n) is 6.27. The van der Waals surface area contributed by atoms with Gasteiger partial charge in [-0.2, -0.15) is 5.10 Å². The van der Waals surface area contributed by atoms with Crippen molar-refractivity contribution in [3.8, 4) is 23.0 Å². The van der Waals surface area contributed by atoms with Crippen molar-refractivity contribution in [3.05, 3.63) is 76.0 Å². The normalized spacial score (nSPS) is 10.4. The first-order chi connectivity index (χ1) is 13.5. The van der Waals surface area contributed by atoms with Crippen molar-refractivity contribution in [2.24, 2.45) is 0 Å². The van der Waals surface area contributed by atoms with Crippen LogP contribution in [0.25, 0.3) is 11.1 Å². The molecule has 0 saturated heterocycles. The van der Waals surface area contributed by atoms with Crippen molar-refractivity contribution >= 4 is 5.97 Å². The Kier molecular flexibility index (Phi) is 5.75. The Balaban J connectivity index is 1.90. The zero-order chi connectivity index (χ0) is 20.1. The number of hydrogen-bond donors (Lipinski definition) is 1. The molecule has 0 unspecified atom stereocenters. The molecular weight excluding hydrogens is 354 g/mol. The molecule has 0 amide bonds. The minimum absolute atomic E-state index is 0.181. The van der Waals surface area contributed by atoms with E-state index in [-0.39, 0.29) is 17.8 Å². The van der Waals surface area contributed by atoms with Gasteiger partial charge in [-0.05, 0) is 29.7 Å². The highest BCUT2D eigenvalue weighted by Gasteiger charge is 2.13. The van der Waals surface area contributed by atoms with Gasteiger partial charge in [-0.15, -0.1) is 5.92 Å². The molecule has 1 N–H and O–H groups in total. The van der Waals surface area contributed by atoms with E-state index in [0.717, 1.165) is 11.1 Å². The van der Waals surface area contributed by atoms with Crippen molar-refractivity contribution in [1.29, 1.82) is 0 Å². The van der Waals surface area contributed by atoms with E-state index in [4.69, 9.17) is 0 Å². The van der Waals surface area contributed by atoms with Crippen LogP contribution >= 0.6 is 0 Å². The van der Waals surface area contributed by atoms with Crippen molar-refractivity contribution in [2.45, 2.75) is 33.4 Å². The summed E-state index contributed by atoms with van der Waals surface area (Å²) in [6, 6.07) is 14.5. The lowest BCUT2D eigenvalue weighted by Gasteiger charge is -2.08. The summed E-state index contributed by atoms with van der Waals surface area (Å²) < 4.78 is 3.03. The highest BCUT2D eigenvalue weighted by Crippen LogP contribution is 2.24. The zero-order valence-corrected chi connectivity index (χ0v) is 15.8. The van der Waals surface area contributed by atoms with Crippen LogP contribution in [0.3, 0.4) is 0 Å². The lowest BCUT2D eigenvalue weighted by Crippen LogP contribution is -2.25. The summed E-state index contributed by atoms with van der Waals surface area (Å²) in [5.74, 6) is 5.39. The van der Waals surface area contributed by atoms with Crippen LogP contribution in [-0.4, -0.2) is 25.4 Å². The molecule has 0 fully saturated rings. The van der Waals surface area contributed by atoms with Crippen LogP contribution in [0.5, 0.6) is 0 Å². The third-order valence-electron chi connectivity index (χ3n) is 4.48. The molecule has 0 saturated carbocycles. The molecule has 0 aliphatic carbocycles. The van der Waals surface area contributed by atoms with Crippen molar-refractivity contribution < 1.29 is 9.90 Å². The van der Waals surface area contributed by atoms with Gasteiger partial charge in [0.1, 0.15) is 12.4 Å². The van der Waals surface area contributed by atoms with E-state index < -0.39 is 5.97 Å². The summed E-state index contributed by atoms with van der Waals surface area (Å²) in [4.78, 5) is 24.0. The molecule has 1 heterocycles. The van der Waals surface area contributed by atoms with Crippen LogP contribution in [0.2, 0.25) is 0 Å². The van der Waals surface area contributed by atoms with Crippen LogP contribution in [0.15, 0.2) is 53.3 Å². The first-order valence-corrected chi connectivity index (χ1v) is 9.03. The molecular formula is C22H21N3O3. The zero-order valence-electron chi connectivity index (χ0n) is 15.8. The topological polar surface area (TPSA) is 77.1 Å². The number of aromatic nitrogens is 3. The first-order valence-electron chi connectivity index (χ1n) is 9.03. The van der Waals surface area contributed by atoms with Gasteiger partial charge < -0.3 is 5.11 Å². The smallest absolute Gasteiger partial charge is 0.347 e. The number of hydrogen-bond acceptors (Lipinski definition) is 3. The average molecular weight is 375 g/mol. The Morgan fingerprint density at radius 3 is 2.50 bits per heavy atom. The predicted octanol–water partition coefficient (Wildman–Crippen LogP) is 3.04. The molecule has 0 bridgehead atoms. The predicted molar refractivity (Wildman–Crippen MR) is 107 cm³/mol. The van der Waals surface area contributed by atoms with Crippen molar-refractivity contribution in [1.82, 2.24) is 14.3 Å². The van der Waals surface area contributed by atoms with Gasteiger partial charge in [-0.1, -0.05) is 55.3 Å². The summed E-state index contributed by atoms with van der Waals surface area (Å²) >= 11 is 0. The molecule has 0 aliphatic heterocycles. The van der Waals surface area contributed by atoms with Gasteiger partial charge >= 0.3 is 11.7 Å². The van der Waals surface area contributed by atoms with Crippen LogP contribution in [0.1, 0.15) is 35.6 Å². The van der Waals surface area contributed by atoms with Gasteiger partial charge in [0.05, 0.1) is 12.1 Å². The quantitative estimate of drug-likeness (QED) is 0.672. The molecule has 0 atom stereocenters. The molecule has 0 spiro atoms. The van der Waals surface area contributed by atoms with Gasteiger partial charge in [0.25, 0.3) is 0 Å². The van der Waals surface area contributed by atoms with E-state index in [2.05, 4.69) is 16.9 Å². The van der Waals surface area contributed by atoms with Crippen LogP contribution < -0.4 is 5.69 Å². The van der Waals surface area contributed by atoms with E-state index in [1.165, 1.54) is 4.68 Å². The number of aryl methyl sites for hydroxylation is 1. The molecule has 6 nitrogen and oxygen atoms in total. The Hall–Kier alpha value is -3.59. The lowest BCUT2D eigenvalue weighted by molar-refractivity contribution is 0.0697. The van der Waals surface area contributed by atoms with Gasteiger partial charge in [-0.25, -0.2) is 14.3 Å². The number of benzene rings is 2. The number of carboxylic acids is 1. The molecule has 3 rings (SSSR count). The number of aromatic carboxylic acids is 1. The van der Waals surface area contributed by atoms with Gasteiger partial charge in [0.2, 0.25) is 0 Å². The molecule has 1 aromatic heterocycles. The van der Waals surface area contributed by atoms with E-state index >= 15 is 0 Å². The number of carbonyl (C=O) groups is 1. The van der Waals surface area contributed by atoms with Gasteiger partial charge in [0, 0.05) is 6.42 Å². The maximum Gasteiger partial charge on any atom is 0.347 e. The molecule has 142 valence electrons. The summed E-state index contributed by atoms with van der Waals surface area (Å²) in [5.41, 5.74) is 2.50. The van der Waals surface area contributed by atoms with Crippen LogP contribution in [0, 0.1) is 11.8 Å². The highest BCUT2D eigenvalue weighted by atomic mass is 16.4. The third-order valence-corrected chi connectivity index (χ3v) is 4.48. The molecule has 0 aliphatic rings. The van der Waals surface area contributed by atoms with Crippen LogP contribution in [-0.2, 0) is 19.5 Å². The largest absolute Gasteiger partial charge is 0.478 e. The summed E-state index contributed by atoms with van der Waals surface area (Å²) in [6.07, 6.45) is 0.645. The number of nitrogens with zero attached hydrogens (tertiary/aromatic N) is 3. The summed E-state index contributed by atoms with van der Waals surface area (Å²) in [6.45, 7) is 4.37. The van der Waals surface area contributed by atoms with Crippen molar-refractivity contribution in [2.75, 3.05) is 0 Å². The fraction of sp³-hybridized carbons (Fsp3) is 0.227. The molecule has 28 heavy (non-hydrogen) atoms. The molecule has 0 radical (unpaired) electrons. The minimum Gasteiger partial charge on any atom is -0.478 e. The summed E-state index contributed by atoms with van der Waals surface area (Å²) in [5, 5.41) is 13.7. The first kappa shape index (κ1) is 19.2. The maximum atomic E-state index is 12.6. The van der Waals surface area contributed by atoms with Crippen LogP contribution in [0.4, 0.5) is 0 Å². The fourth-order valence-corrected chi connectivity index (χ4v) is 3.06. The Morgan fingerprint density at radius 2 is 1.86 bits per heavy atom. The fourth-order valence-electron chi connectivity index (χ4n) is 3.06. The molecule has 3 aromatic rings. The molecule has 2 aromatic carbocycles. The highest BCUT2D eigenvalue weighted by molar-refractivity contribution is 5.95.